The first-order chi connectivity index (χ1) is 13.6. The average molecular weight is 384 g/mol. The lowest BCUT2D eigenvalue weighted by Crippen LogP contribution is -2.01. The van der Waals surface area contributed by atoms with E-state index in [2.05, 4.69) is 10.1 Å². The van der Waals surface area contributed by atoms with Gasteiger partial charge in [-0.25, -0.2) is 9.18 Å². The number of hydrogen-bond donors (Lipinski definition) is 0. The Hall–Kier alpha value is -3.68. The van der Waals surface area contributed by atoms with E-state index in [9.17, 15) is 9.18 Å². The zero-order valence-corrected chi connectivity index (χ0v) is 15.2. The largest absolute Gasteiger partial charge is 0.497 e. The normalized spacial score (nSPS) is 10.8. The molecule has 0 N–H and O–H groups in total. The molecular weight excluding hydrogens is 367 g/mol. The van der Waals surface area contributed by atoms with Crippen molar-refractivity contribution in [3.05, 3.63) is 65.8 Å². The maximum atomic E-state index is 13.0. The number of ether oxygens (including phenoxy) is 3. The number of benzene rings is 2. The van der Waals surface area contributed by atoms with Crippen molar-refractivity contribution < 1.29 is 27.9 Å². The Labute approximate surface area is 160 Å². The predicted molar refractivity (Wildman–Crippen MR) is 98.1 cm³/mol. The molecule has 8 heteroatoms. The Morgan fingerprint density at radius 3 is 2.64 bits per heavy atom. The van der Waals surface area contributed by atoms with E-state index >= 15 is 0 Å². The standard InChI is InChI=1S/C20H17FN2O5/c1-25-16-9-5-13(17(11-16)26-2)6-10-19(24)27-12-18-22-20(23-28-18)14-3-7-15(21)8-4-14/h3-11H,12H2,1-2H3/b10-6+. The van der Waals surface area contributed by atoms with Crippen molar-refractivity contribution in [1.29, 1.82) is 0 Å². The Kier molecular flexibility index (Phi) is 6.01. The molecule has 0 fully saturated rings. The quantitative estimate of drug-likeness (QED) is 0.454. The zero-order chi connectivity index (χ0) is 19.9. The van der Waals surface area contributed by atoms with Crippen LogP contribution in [-0.4, -0.2) is 30.3 Å². The summed E-state index contributed by atoms with van der Waals surface area (Å²) >= 11 is 0. The molecule has 0 amide bonds. The van der Waals surface area contributed by atoms with Crippen LogP contribution in [0.5, 0.6) is 11.5 Å². The van der Waals surface area contributed by atoms with Crippen LogP contribution in [0.15, 0.2) is 53.1 Å². The first-order valence-corrected chi connectivity index (χ1v) is 8.24. The van der Waals surface area contributed by atoms with Crippen LogP contribution < -0.4 is 9.47 Å². The van der Waals surface area contributed by atoms with Gasteiger partial charge in [0.2, 0.25) is 5.82 Å². The second-order valence-electron chi connectivity index (χ2n) is 5.57. The van der Waals surface area contributed by atoms with Gasteiger partial charge in [0.25, 0.3) is 5.89 Å². The highest BCUT2D eigenvalue weighted by molar-refractivity contribution is 5.87. The highest BCUT2D eigenvalue weighted by atomic mass is 19.1. The smallest absolute Gasteiger partial charge is 0.331 e. The number of hydrogen-bond acceptors (Lipinski definition) is 7. The molecule has 7 nitrogen and oxygen atoms in total. The van der Waals surface area contributed by atoms with E-state index in [-0.39, 0.29) is 24.1 Å². The average Bonchev–Trinajstić information content (AvgIpc) is 3.20. The van der Waals surface area contributed by atoms with Crippen molar-refractivity contribution in [2.75, 3.05) is 14.2 Å². The number of rotatable bonds is 7. The lowest BCUT2D eigenvalue weighted by atomic mass is 10.2. The summed E-state index contributed by atoms with van der Waals surface area (Å²) in [6.07, 6.45) is 2.83. The van der Waals surface area contributed by atoms with E-state index < -0.39 is 5.97 Å². The van der Waals surface area contributed by atoms with E-state index in [1.165, 1.54) is 37.5 Å². The minimum Gasteiger partial charge on any atom is -0.497 e. The van der Waals surface area contributed by atoms with Crippen LogP contribution in [-0.2, 0) is 16.1 Å². The fraction of sp³-hybridized carbons (Fsp3) is 0.150. The molecule has 3 aromatic rings. The molecule has 3 rings (SSSR count). The Morgan fingerprint density at radius 1 is 1.14 bits per heavy atom. The SMILES string of the molecule is COc1ccc(/C=C/C(=O)OCc2nc(-c3ccc(F)cc3)no2)c(OC)c1. The second kappa shape index (κ2) is 8.81. The molecule has 0 radical (unpaired) electrons. The van der Waals surface area contributed by atoms with Crippen LogP contribution in [0.2, 0.25) is 0 Å². The lowest BCUT2D eigenvalue weighted by molar-refractivity contribution is -0.139. The van der Waals surface area contributed by atoms with Gasteiger partial charge in [0.1, 0.15) is 17.3 Å². The minimum atomic E-state index is -0.584. The summed E-state index contributed by atoms with van der Waals surface area (Å²) in [5.41, 5.74) is 1.28. The summed E-state index contributed by atoms with van der Waals surface area (Å²) in [7, 11) is 3.08. The Balaban J connectivity index is 1.59. The van der Waals surface area contributed by atoms with E-state index in [4.69, 9.17) is 18.7 Å². The summed E-state index contributed by atoms with van der Waals surface area (Å²) in [4.78, 5) is 16.0. The fourth-order valence-electron chi connectivity index (χ4n) is 2.32. The van der Waals surface area contributed by atoms with Gasteiger partial charge in [-0.05, 0) is 42.5 Å². The summed E-state index contributed by atoms with van der Waals surface area (Å²) in [5, 5.41) is 3.78. The molecule has 2 aromatic carbocycles. The first-order valence-electron chi connectivity index (χ1n) is 8.24. The van der Waals surface area contributed by atoms with Crippen molar-refractivity contribution in [1.82, 2.24) is 10.1 Å². The number of methoxy groups -OCH3 is 2. The van der Waals surface area contributed by atoms with Gasteiger partial charge in [0.05, 0.1) is 14.2 Å². The number of halogens is 1. The van der Waals surface area contributed by atoms with Crippen molar-refractivity contribution in [3.63, 3.8) is 0 Å². The summed E-state index contributed by atoms with van der Waals surface area (Å²) in [5.74, 6) is 0.669. The number of carbonyl (C=O) groups is 1. The molecular formula is C20H17FN2O5. The minimum absolute atomic E-state index is 0.128. The maximum Gasteiger partial charge on any atom is 0.331 e. The van der Waals surface area contributed by atoms with Gasteiger partial charge in [-0.1, -0.05) is 5.16 Å². The van der Waals surface area contributed by atoms with Gasteiger partial charge >= 0.3 is 5.97 Å². The molecule has 144 valence electrons. The predicted octanol–water partition coefficient (Wildman–Crippen LogP) is 3.65. The van der Waals surface area contributed by atoms with Crippen LogP contribution in [0.4, 0.5) is 4.39 Å². The third-order valence-electron chi connectivity index (χ3n) is 3.75. The third-order valence-corrected chi connectivity index (χ3v) is 3.75. The lowest BCUT2D eigenvalue weighted by Gasteiger charge is -2.07. The molecule has 28 heavy (non-hydrogen) atoms. The Bertz CT molecular complexity index is 983. The van der Waals surface area contributed by atoms with Crippen molar-refractivity contribution in [2.24, 2.45) is 0 Å². The molecule has 0 bridgehead atoms. The molecule has 1 aromatic heterocycles. The van der Waals surface area contributed by atoms with Gasteiger partial charge in [-0.15, -0.1) is 0 Å². The van der Waals surface area contributed by atoms with Crippen LogP contribution in [0.1, 0.15) is 11.5 Å². The van der Waals surface area contributed by atoms with E-state index in [1.807, 2.05) is 0 Å². The molecule has 0 saturated heterocycles. The number of nitrogens with zero attached hydrogens (tertiary/aromatic N) is 2. The topological polar surface area (TPSA) is 83.7 Å². The first kappa shape index (κ1) is 19.1. The van der Waals surface area contributed by atoms with Crippen molar-refractivity contribution >= 4 is 12.0 Å². The molecule has 0 unspecified atom stereocenters. The number of carbonyl (C=O) groups excluding carboxylic acids is 1. The van der Waals surface area contributed by atoms with Gasteiger partial charge in [0, 0.05) is 23.3 Å². The van der Waals surface area contributed by atoms with Gasteiger partial charge < -0.3 is 18.7 Å². The van der Waals surface area contributed by atoms with Gasteiger partial charge in [-0.2, -0.15) is 4.98 Å². The van der Waals surface area contributed by atoms with E-state index in [0.29, 0.717) is 22.6 Å². The summed E-state index contributed by atoms with van der Waals surface area (Å²) in [6.45, 7) is -0.183. The highest BCUT2D eigenvalue weighted by Gasteiger charge is 2.10. The third kappa shape index (κ3) is 4.73. The number of esters is 1. The molecule has 0 spiro atoms. The van der Waals surface area contributed by atoms with Crippen LogP contribution in [0, 0.1) is 5.82 Å². The van der Waals surface area contributed by atoms with Crippen molar-refractivity contribution in [2.45, 2.75) is 6.61 Å². The maximum absolute atomic E-state index is 13.0. The van der Waals surface area contributed by atoms with Gasteiger partial charge in [0.15, 0.2) is 6.61 Å². The monoisotopic (exact) mass is 384 g/mol. The van der Waals surface area contributed by atoms with Gasteiger partial charge in [-0.3, -0.25) is 0 Å². The van der Waals surface area contributed by atoms with Crippen LogP contribution in [0.3, 0.4) is 0 Å². The summed E-state index contributed by atoms with van der Waals surface area (Å²) in [6, 6.07) is 10.9. The van der Waals surface area contributed by atoms with E-state index in [1.54, 1.807) is 31.4 Å². The molecule has 1 heterocycles. The molecule has 0 atom stereocenters. The summed E-state index contributed by atoms with van der Waals surface area (Å²) < 4.78 is 33.5. The fourth-order valence-corrected chi connectivity index (χ4v) is 2.32. The second-order valence-corrected chi connectivity index (χ2v) is 5.57. The van der Waals surface area contributed by atoms with Crippen molar-refractivity contribution in [3.8, 4) is 22.9 Å². The molecule has 0 saturated carbocycles. The van der Waals surface area contributed by atoms with Crippen LogP contribution in [0.25, 0.3) is 17.5 Å². The van der Waals surface area contributed by atoms with E-state index in [0.717, 1.165) is 0 Å². The molecule has 0 aliphatic carbocycles. The van der Waals surface area contributed by atoms with Crippen LogP contribution >= 0.6 is 0 Å². The molecule has 0 aliphatic heterocycles. The Morgan fingerprint density at radius 2 is 1.93 bits per heavy atom. The zero-order valence-electron chi connectivity index (χ0n) is 15.2. The highest BCUT2D eigenvalue weighted by Crippen LogP contribution is 2.25. The number of aromatic nitrogens is 2. The molecule has 0 aliphatic rings.